The van der Waals surface area contributed by atoms with Gasteiger partial charge in [-0.1, -0.05) is 32.4 Å². The molecule has 6 atom stereocenters. The van der Waals surface area contributed by atoms with Crippen LogP contribution in [0.3, 0.4) is 0 Å². The number of hydrogen-bond donors (Lipinski definition) is 1. The van der Waals surface area contributed by atoms with Gasteiger partial charge < -0.3 is 24.4 Å². The summed E-state index contributed by atoms with van der Waals surface area (Å²) in [5, 5.41) is 9.99. The molecule has 8 heteroatoms. The standard InChI is InChI=1S/C27H42N2O6/c1-6-10-12-17-34-25(33)21-20-23(31)29(19(5)18-30)22(24(32)28(15-8-3)16-11-7-2)27(20)14-13-26(21,9-4)35-27/h6,8,19-22,30H,1,3,7,9-18H2,2,4-5H3/t19-,20+,21-,22?,26+,27?/m1/s1. The second kappa shape index (κ2) is 11.2. The average Bonchev–Trinajstić information content (AvgIpc) is 3.47. The summed E-state index contributed by atoms with van der Waals surface area (Å²) in [4.78, 5) is 44.6. The molecule has 2 bridgehead atoms. The van der Waals surface area contributed by atoms with Gasteiger partial charge in [-0.2, -0.15) is 0 Å². The Morgan fingerprint density at radius 3 is 2.63 bits per heavy atom. The molecule has 196 valence electrons. The van der Waals surface area contributed by atoms with E-state index in [0.717, 1.165) is 19.3 Å². The molecule has 0 saturated carbocycles. The predicted molar refractivity (Wildman–Crippen MR) is 132 cm³/mol. The number of ether oxygens (including phenoxy) is 2. The highest BCUT2D eigenvalue weighted by Gasteiger charge is 2.79. The Morgan fingerprint density at radius 1 is 1.29 bits per heavy atom. The quantitative estimate of drug-likeness (QED) is 0.229. The lowest BCUT2D eigenvalue weighted by Gasteiger charge is -2.38. The van der Waals surface area contributed by atoms with Crippen LogP contribution in [0, 0.1) is 11.8 Å². The van der Waals surface area contributed by atoms with Crippen LogP contribution >= 0.6 is 0 Å². The number of hydrogen-bond acceptors (Lipinski definition) is 6. The van der Waals surface area contributed by atoms with Crippen molar-refractivity contribution in [2.24, 2.45) is 11.8 Å². The van der Waals surface area contributed by atoms with Crippen molar-refractivity contribution in [3.63, 3.8) is 0 Å². The van der Waals surface area contributed by atoms with E-state index < -0.39 is 41.1 Å². The molecule has 35 heavy (non-hydrogen) atoms. The van der Waals surface area contributed by atoms with Crippen molar-refractivity contribution in [1.82, 2.24) is 9.80 Å². The second-order valence-corrected chi connectivity index (χ2v) is 10.1. The molecule has 3 saturated heterocycles. The summed E-state index contributed by atoms with van der Waals surface area (Å²) in [6.45, 7) is 14.1. The Morgan fingerprint density at radius 2 is 2.03 bits per heavy atom. The van der Waals surface area contributed by atoms with Gasteiger partial charge in [0.15, 0.2) is 0 Å². The van der Waals surface area contributed by atoms with E-state index in [1.54, 1.807) is 24.0 Å². The smallest absolute Gasteiger partial charge is 0.312 e. The zero-order valence-electron chi connectivity index (χ0n) is 21.5. The number of unbranched alkanes of at least 4 members (excludes halogenated alkanes) is 2. The minimum absolute atomic E-state index is 0.207. The van der Waals surface area contributed by atoms with E-state index in [9.17, 15) is 19.5 Å². The van der Waals surface area contributed by atoms with Gasteiger partial charge in [-0.25, -0.2) is 0 Å². The van der Waals surface area contributed by atoms with Crippen molar-refractivity contribution in [3.8, 4) is 0 Å². The third-order valence-corrected chi connectivity index (χ3v) is 8.09. The first kappa shape index (κ1) is 27.4. The minimum Gasteiger partial charge on any atom is -0.465 e. The summed E-state index contributed by atoms with van der Waals surface area (Å²) < 4.78 is 12.3. The number of nitrogens with zero attached hydrogens (tertiary/aromatic N) is 2. The Bertz CT molecular complexity index is 830. The fraction of sp³-hybridized carbons (Fsp3) is 0.741. The molecule has 0 aliphatic carbocycles. The molecule has 0 aromatic rings. The van der Waals surface area contributed by atoms with Gasteiger partial charge in [0.1, 0.15) is 17.6 Å². The number of likely N-dealkylation sites (tertiary alicyclic amines) is 1. The number of aliphatic hydroxyl groups is 1. The van der Waals surface area contributed by atoms with Crippen LogP contribution in [0.4, 0.5) is 0 Å². The lowest BCUT2D eigenvalue weighted by Crippen LogP contribution is -2.58. The van der Waals surface area contributed by atoms with Gasteiger partial charge in [-0.3, -0.25) is 14.4 Å². The van der Waals surface area contributed by atoms with Gasteiger partial charge in [-0.15, -0.1) is 13.2 Å². The van der Waals surface area contributed by atoms with E-state index in [0.29, 0.717) is 38.8 Å². The largest absolute Gasteiger partial charge is 0.465 e. The molecule has 3 aliphatic rings. The van der Waals surface area contributed by atoms with E-state index in [-0.39, 0.29) is 25.0 Å². The lowest BCUT2D eigenvalue weighted by molar-refractivity contribution is -0.163. The van der Waals surface area contributed by atoms with Crippen molar-refractivity contribution in [2.75, 3.05) is 26.3 Å². The third-order valence-electron chi connectivity index (χ3n) is 8.09. The number of aliphatic hydroxyl groups excluding tert-OH is 1. The maximum atomic E-state index is 14.1. The van der Waals surface area contributed by atoms with Crippen LogP contribution in [0.1, 0.15) is 65.7 Å². The van der Waals surface area contributed by atoms with E-state index in [4.69, 9.17) is 9.47 Å². The summed E-state index contributed by atoms with van der Waals surface area (Å²) in [5.41, 5.74) is -1.93. The van der Waals surface area contributed by atoms with Gasteiger partial charge in [0.2, 0.25) is 11.8 Å². The number of fused-ring (bicyclic) bond motifs is 1. The van der Waals surface area contributed by atoms with Gasteiger partial charge in [-0.05, 0) is 45.4 Å². The van der Waals surface area contributed by atoms with Crippen molar-refractivity contribution >= 4 is 17.8 Å². The summed E-state index contributed by atoms with van der Waals surface area (Å²) in [6.07, 6.45) is 8.24. The summed E-state index contributed by atoms with van der Waals surface area (Å²) >= 11 is 0. The van der Waals surface area contributed by atoms with Crippen LogP contribution in [-0.4, -0.2) is 82.3 Å². The molecular formula is C27H42N2O6. The second-order valence-electron chi connectivity index (χ2n) is 10.1. The first-order valence-corrected chi connectivity index (χ1v) is 13.1. The Balaban J connectivity index is 2.02. The van der Waals surface area contributed by atoms with Crippen LogP contribution in [0.2, 0.25) is 0 Å². The molecule has 0 aromatic heterocycles. The fourth-order valence-electron chi connectivity index (χ4n) is 6.32. The van der Waals surface area contributed by atoms with Gasteiger partial charge >= 0.3 is 5.97 Å². The maximum absolute atomic E-state index is 14.1. The minimum atomic E-state index is -1.11. The molecule has 1 spiro atoms. The highest BCUT2D eigenvalue weighted by Crippen LogP contribution is 2.64. The molecule has 3 aliphatic heterocycles. The molecule has 2 amide bonds. The van der Waals surface area contributed by atoms with Crippen molar-refractivity contribution < 1.29 is 29.0 Å². The summed E-state index contributed by atoms with van der Waals surface area (Å²) in [6, 6.07) is -1.48. The van der Waals surface area contributed by atoms with E-state index in [2.05, 4.69) is 20.1 Å². The third kappa shape index (κ3) is 4.55. The molecule has 0 radical (unpaired) electrons. The zero-order chi connectivity index (χ0) is 25.8. The number of amides is 2. The SMILES string of the molecule is C=CCCCOC(=O)[C@H]1[C@H]2C(=O)N([C@H](C)CO)C(C(=O)N(CC=C)CCCC)C23CC[C@]1(CC)O3. The maximum Gasteiger partial charge on any atom is 0.312 e. The first-order valence-electron chi connectivity index (χ1n) is 13.1. The Hall–Kier alpha value is -2.19. The predicted octanol–water partition coefficient (Wildman–Crippen LogP) is 2.85. The Labute approximate surface area is 209 Å². The van der Waals surface area contributed by atoms with Gasteiger partial charge in [0.05, 0.1) is 30.8 Å². The molecule has 2 unspecified atom stereocenters. The highest BCUT2D eigenvalue weighted by molar-refractivity contribution is 5.98. The molecule has 3 fully saturated rings. The van der Waals surface area contributed by atoms with E-state index in [1.165, 1.54) is 4.90 Å². The lowest BCUT2D eigenvalue weighted by atomic mass is 9.65. The zero-order valence-corrected chi connectivity index (χ0v) is 21.5. The summed E-state index contributed by atoms with van der Waals surface area (Å²) in [7, 11) is 0. The number of carbonyl (C=O) groups excluding carboxylic acids is 3. The van der Waals surface area contributed by atoms with Crippen LogP contribution in [0.5, 0.6) is 0 Å². The van der Waals surface area contributed by atoms with Gasteiger partial charge in [0, 0.05) is 13.1 Å². The van der Waals surface area contributed by atoms with Crippen molar-refractivity contribution in [1.29, 1.82) is 0 Å². The van der Waals surface area contributed by atoms with Crippen molar-refractivity contribution in [3.05, 3.63) is 25.3 Å². The molecule has 3 rings (SSSR count). The van der Waals surface area contributed by atoms with Crippen LogP contribution in [0.25, 0.3) is 0 Å². The number of allylic oxidation sites excluding steroid dienone is 1. The first-order chi connectivity index (χ1) is 16.8. The number of esters is 1. The Kier molecular flexibility index (Phi) is 8.81. The van der Waals surface area contributed by atoms with Crippen molar-refractivity contribution in [2.45, 2.75) is 89.0 Å². The molecule has 1 N–H and O–H groups in total. The molecule has 3 heterocycles. The normalized spacial score (nSPS) is 31.8. The van der Waals surface area contributed by atoms with Crippen LogP contribution in [0.15, 0.2) is 25.3 Å². The average molecular weight is 491 g/mol. The molecule has 8 nitrogen and oxygen atoms in total. The molecular weight excluding hydrogens is 448 g/mol. The van der Waals surface area contributed by atoms with Crippen LogP contribution in [-0.2, 0) is 23.9 Å². The van der Waals surface area contributed by atoms with E-state index >= 15 is 0 Å². The monoisotopic (exact) mass is 490 g/mol. The number of carbonyl (C=O) groups is 3. The fourth-order valence-corrected chi connectivity index (χ4v) is 6.32. The summed E-state index contributed by atoms with van der Waals surface area (Å²) in [5.74, 6) is -2.52. The number of rotatable bonds is 14. The van der Waals surface area contributed by atoms with Crippen LogP contribution < -0.4 is 0 Å². The molecule has 0 aromatic carbocycles. The van der Waals surface area contributed by atoms with E-state index in [1.807, 2.05) is 6.92 Å². The topological polar surface area (TPSA) is 96.4 Å². The van der Waals surface area contributed by atoms with Gasteiger partial charge in [0.25, 0.3) is 0 Å². The highest BCUT2D eigenvalue weighted by atomic mass is 16.6.